The second-order valence-corrected chi connectivity index (χ2v) is 6.21. The number of β-amino-alcohol motifs (C(OH)–C–C–N with tert-alkyl or cyclic N) is 1. The van der Waals surface area contributed by atoms with Crippen LogP contribution in [-0.2, 0) is 0 Å². The highest BCUT2D eigenvalue weighted by Gasteiger charge is 2.22. The van der Waals surface area contributed by atoms with Crippen LogP contribution in [0.2, 0.25) is 0 Å². The number of piperazine rings is 1. The lowest BCUT2D eigenvalue weighted by Crippen LogP contribution is -2.48. The van der Waals surface area contributed by atoms with Crippen molar-refractivity contribution in [3.8, 4) is 6.07 Å². The normalized spacial score (nSPS) is 17.2. The predicted octanol–water partition coefficient (Wildman–Crippen LogP) is 0.511. The van der Waals surface area contributed by atoms with Gasteiger partial charge in [0.25, 0.3) is 5.69 Å². The summed E-state index contributed by atoms with van der Waals surface area (Å²) in [5.74, 6) is 0. The first-order chi connectivity index (χ1) is 11.4. The molecule has 0 radical (unpaired) electrons. The lowest BCUT2D eigenvalue weighted by atomic mass is 10.1. The number of rotatable bonds is 6. The van der Waals surface area contributed by atoms with Gasteiger partial charge in [-0.25, -0.2) is 0 Å². The molecule has 0 aromatic heterocycles. The van der Waals surface area contributed by atoms with Crippen molar-refractivity contribution < 1.29 is 10.0 Å². The lowest BCUT2D eigenvalue weighted by molar-refractivity contribution is -0.384. The summed E-state index contributed by atoms with van der Waals surface area (Å²) in [7, 11) is 3.78. The highest BCUT2D eigenvalue weighted by molar-refractivity contribution is 5.65. The number of aliphatic hydroxyl groups is 1. The van der Waals surface area contributed by atoms with E-state index in [1.54, 1.807) is 24.1 Å². The van der Waals surface area contributed by atoms with E-state index >= 15 is 0 Å². The van der Waals surface area contributed by atoms with Crippen molar-refractivity contribution in [2.24, 2.45) is 0 Å². The number of likely N-dealkylation sites (N-methyl/N-ethyl adjacent to an activating group) is 2. The van der Waals surface area contributed by atoms with Gasteiger partial charge in [0.1, 0.15) is 5.69 Å². The molecule has 1 aromatic rings. The molecule has 1 heterocycles. The Balaban J connectivity index is 2.00. The SMILES string of the molecule is CN1CCN(CC(O)CN(C)c2ccc(C#N)cc2[N+](=O)[O-])CC1. The van der Waals surface area contributed by atoms with Crippen molar-refractivity contribution in [2.45, 2.75) is 6.10 Å². The molecule has 24 heavy (non-hydrogen) atoms. The molecule has 0 spiro atoms. The van der Waals surface area contributed by atoms with Crippen LogP contribution in [0.25, 0.3) is 0 Å². The van der Waals surface area contributed by atoms with E-state index in [1.165, 1.54) is 6.07 Å². The molecule has 1 fully saturated rings. The minimum absolute atomic E-state index is 0.122. The minimum Gasteiger partial charge on any atom is -0.390 e. The van der Waals surface area contributed by atoms with Gasteiger partial charge in [0.05, 0.1) is 22.7 Å². The molecule has 8 nitrogen and oxygen atoms in total. The van der Waals surface area contributed by atoms with E-state index in [2.05, 4.69) is 16.8 Å². The number of nitro groups is 1. The zero-order chi connectivity index (χ0) is 17.7. The minimum atomic E-state index is -0.603. The topological polar surface area (TPSA) is 96.9 Å². The van der Waals surface area contributed by atoms with Gasteiger partial charge in [-0.1, -0.05) is 0 Å². The summed E-state index contributed by atoms with van der Waals surface area (Å²) in [5, 5.41) is 30.4. The van der Waals surface area contributed by atoms with Crippen LogP contribution in [0.5, 0.6) is 0 Å². The van der Waals surface area contributed by atoms with E-state index in [0.717, 1.165) is 26.2 Å². The van der Waals surface area contributed by atoms with Crippen LogP contribution in [0, 0.1) is 21.4 Å². The number of hydrogen-bond acceptors (Lipinski definition) is 7. The summed E-state index contributed by atoms with van der Waals surface area (Å²) in [5.41, 5.74) is 0.525. The predicted molar refractivity (Wildman–Crippen MR) is 91.0 cm³/mol. The highest BCUT2D eigenvalue weighted by Crippen LogP contribution is 2.28. The van der Waals surface area contributed by atoms with Crippen molar-refractivity contribution in [3.05, 3.63) is 33.9 Å². The first-order valence-electron chi connectivity index (χ1n) is 7.89. The van der Waals surface area contributed by atoms with Crippen molar-refractivity contribution in [3.63, 3.8) is 0 Å². The summed E-state index contributed by atoms with van der Waals surface area (Å²) in [4.78, 5) is 16.8. The number of nitriles is 1. The van der Waals surface area contributed by atoms with Gasteiger partial charge in [0, 0.05) is 52.4 Å². The molecule has 1 atom stereocenters. The number of hydrogen-bond donors (Lipinski definition) is 1. The maximum Gasteiger partial charge on any atom is 0.293 e. The van der Waals surface area contributed by atoms with Crippen molar-refractivity contribution in [1.29, 1.82) is 5.26 Å². The number of benzene rings is 1. The molecule has 0 bridgehead atoms. The fourth-order valence-corrected chi connectivity index (χ4v) is 2.86. The second kappa shape index (κ2) is 8.06. The van der Waals surface area contributed by atoms with Gasteiger partial charge in [-0.3, -0.25) is 15.0 Å². The molecule has 8 heteroatoms. The molecule has 2 rings (SSSR count). The summed E-state index contributed by atoms with van der Waals surface area (Å²) < 4.78 is 0. The Kier molecular flexibility index (Phi) is 6.09. The van der Waals surface area contributed by atoms with Gasteiger partial charge < -0.3 is 14.9 Å². The standard InChI is InChI=1S/C16H23N5O3/c1-18-5-7-20(8-6-18)12-14(22)11-19(2)15-4-3-13(10-17)9-16(15)21(23)24/h3-4,9,14,22H,5-8,11-12H2,1-2H3. The second-order valence-electron chi connectivity index (χ2n) is 6.21. The van der Waals surface area contributed by atoms with E-state index < -0.39 is 11.0 Å². The fraction of sp³-hybridized carbons (Fsp3) is 0.562. The van der Waals surface area contributed by atoms with E-state index in [9.17, 15) is 15.2 Å². The Morgan fingerprint density at radius 2 is 2.08 bits per heavy atom. The Morgan fingerprint density at radius 3 is 2.67 bits per heavy atom. The Bertz CT molecular complexity index is 623. The molecule has 0 saturated carbocycles. The van der Waals surface area contributed by atoms with E-state index in [-0.39, 0.29) is 11.3 Å². The van der Waals surface area contributed by atoms with Gasteiger partial charge in [-0.15, -0.1) is 0 Å². The summed E-state index contributed by atoms with van der Waals surface area (Å²) in [6.07, 6.45) is -0.603. The molecule has 1 N–H and O–H groups in total. The van der Waals surface area contributed by atoms with Crippen LogP contribution in [0.15, 0.2) is 18.2 Å². The molecule has 1 aliphatic rings. The third-order valence-corrected chi connectivity index (χ3v) is 4.26. The molecular weight excluding hydrogens is 310 g/mol. The van der Waals surface area contributed by atoms with Crippen molar-refractivity contribution >= 4 is 11.4 Å². The van der Waals surface area contributed by atoms with Crippen LogP contribution < -0.4 is 4.90 Å². The Labute approximate surface area is 141 Å². The molecule has 1 aliphatic heterocycles. The molecule has 0 amide bonds. The third-order valence-electron chi connectivity index (χ3n) is 4.26. The van der Waals surface area contributed by atoms with Crippen LogP contribution in [0.4, 0.5) is 11.4 Å². The zero-order valence-corrected chi connectivity index (χ0v) is 14.1. The largest absolute Gasteiger partial charge is 0.390 e. The van der Waals surface area contributed by atoms with E-state index in [0.29, 0.717) is 18.8 Å². The van der Waals surface area contributed by atoms with Crippen LogP contribution in [-0.4, -0.2) is 79.3 Å². The number of nitro benzene ring substituents is 1. The first-order valence-corrected chi connectivity index (χ1v) is 7.89. The molecule has 0 aliphatic carbocycles. The number of nitrogens with zero attached hydrogens (tertiary/aromatic N) is 5. The first kappa shape index (κ1) is 18.1. The molecule has 130 valence electrons. The average molecular weight is 333 g/mol. The Hall–Kier alpha value is -2.21. The number of anilines is 1. The van der Waals surface area contributed by atoms with Crippen molar-refractivity contribution in [2.75, 3.05) is 58.3 Å². The summed E-state index contributed by atoms with van der Waals surface area (Å²) in [6, 6.07) is 6.27. The molecule has 1 unspecified atom stereocenters. The monoisotopic (exact) mass is 333 g/mol. The molecular formula is C16H23N5O3. The zero-order valence-electron chi connectivity index (χ0n) is 14.1. The maximum atomic E-state index is 11.2. The Morgan fingerprint density at radius 1 is 1.42 bits per heavy atom. The average Bonchev–Trinajstić information content (AvgIpc) is 2.56. The third kappa shape index (κ3) is 4.64. The van der Waals surface area contributed by atoms with Crippen LogP contribution in [0.1, 0.15) is 5.56 Å². The van der Waals surface area contributed by atoms with E-state index in [4.69, 9.17) is 5.26 Å². The van der Waals surface area contributed by atoms with Crippen LogP contribution in [0.3, 0.4) is 0 Å². The van der Waals surface area contributed by atoms with E-state index in [1.807, 2.05) is 6.07 Å². The summed E-state index contributed by atoms with van der Waals surface area (Å²) >= 11 is 0. The fourth-order valence-electron chi connectivity index (χ4n) is 2.86. The van der Waals surface area contributed by atoms with Crippen molar-refractivity contribution in [1.82, 2.24) is 9.80 Å². The highest BCUT2D eigenvalue weighted by atomic mass is 16.6. The quantitative estimate of drug-likeness (QED) is 0.598. The molecule has 1 aromatic carbocycles. The van der Waals surface area contributed by atoms with Gasteiger partial charge in [0.15, 0.2) is 0 Å². The smallest absolute Gasteiger partial charge is 0.293 e. The summed E-state index contributed by atoms with van der Waals surface area (Å²) in [6.45, 7) is 4.61. The maximum absolute atomic E-state index is 11.2. The molecule has 1 saturated heterocycles. The number of aliphatic hydroxyl groups excluding tert-OH is 1. The van der Waals surface area contributed by atoms with Gasteiger partial charge in [0.2, 0.25) is 0 Å². The van der Waals surface area contributed by atoms with Gasteiger partial charge in [-0.2, -0.15) is 5.26 Å². The van der Waals surface area contributed by atoms with Gasteiger partial charge in [-0.05, 0) is 19.2 Å². The van der Waals surface area contributed by atoms with Gasteiger partial charge >= 0.3 is 0 Å². The lowest BCUT2D eigenvalue weighted by Gasteiger charge is -2.34. The van der Waals surface area contributed by atoms with Crippen LogP contribution >= 0.6 is 0 Å².